The zero-order chi connectivity index (χ0) is 18.9. The van der Waals surface area contributed by atoms with Crippen LogP contribution in [0, 0.1) is 0 Å². The molecule has 7 heteroatoms. The van der Waals surface area contributed by atoms with Crippen LogP contribution in [0.4, 0.5) is 0 Å². The third kappa shape index (κ3) is 6.00. The molecule has 2 rings (SSSR count). The van der Waals surface area contributed by atoms with Gasteiger partial charge in [0, 0.05) is 16.5 Å². The highest BCUT2D eigenvalue weighted by molar-refractivity contribution is 9.10. The molecule has 2 N–H and O–H groups in total. The van der Waals surface area contributed by atoms with Gasteiger partial charge in [-0.25, -0.2) is 4.79 Å². The molecule has 0 spiro atoms. The van der Waals surface area contributed by atoms with Crippen molar-refractivity contribution in [2.24, 2.45) is 0 Å². The molecule has 0 radical (unpaired) electrons. The summed E-state index contributed by atoms with van der Waals surface area (Å²) in [7, 11) is 1.26. The van der Waals surface area contributed by atoms with Gasteiger partial charge in [-0.3, -0.25) is 9.59 Å². The van der Waals surface area contributed by atoms with Gasteiger partial charge in [0.15, 0.2) is 0 Å². The summed E-state index contributed by atoms with van der Waals surface area (Å²) in [6.07, 6.45) is 0.290. The molecule has 2 aromatic carbocycles. The number of methoxy groups -OCH3 is 1. The van der Waals surface area contributed by atoms with Crippen molar-refractivity contribution in [1.82, 2.24) is 10.6 Å². The van der Waals surface area contributed by atoms with Crippen LogP contribution in [-0.2, 0) is 20.7 Å². The van der Waals surface area contributed by atoms with Crippen molar-refractivity contribution in [3.05, 3.63) is 70.2 Å². The fraction of sp³-hybridized carbons (Fsp3) is 0.211. The van der Waals surface area contributed by atoms with E-state index in [0.29, 0.717) is 12.0 Å². The van der Waals surface area contributed by atoms with Gasteiger partial charge in [-0.05, 0) is 29.8 Å². The molecular weight excluding hydrogens is 400 g/mol. The van der Waals surface area contributed by atoms with E-state index in [1.807, 2.05) is 24.3 Å². The van der Waals surface area contributed by atoms with Crippen LogP contribution in [0.25, 0.3) is 0 Å². The molecule has 0 unspecified atom stereocenters. The van der Waals surface area contributed by atoms with E-state index in [1.165, 1.54) is 7.11 Å². The number of hydrogen-bond donors (Lipinski definition) is 2. The van der Waals surface area contributed by atoms with Crippen LogP contribution in [0.3, 0.4) is 0 Å². The van der Waals surface area contributed by atoms with E-state index in [1.54, 1.807) is 30.3 Å². The molecule has 2 aromatic rings. The summed E-state index contributed by atoms with van der Waals surface area (Å²) in [5.74, 6) is -1.37. The zero-order valence-corrected chi connectivity index (χ0v) is 15.8. The predicted octanol–water partition coefficient (Wildman–Crippen LogP) is 2.08. The van der Waals surface area contributed by atoms with Gasteiger partial charge in [0.25, 0.3) is 5.91 Å². The third-order valence-electron chi connectivity index (χ3n) is 3.62. The van der Waals surface area contributed by atoms with Gasteiger partial charge >= 0.3 is 5.97 Å². The van der Waals surface area contributed by atoms with Crippen molar-refractivity contribution < 1.29 is 19.1 Å². The minimum atomic E-state index is -0.831. The summed E-state index contributed by atoms with van der Waals surface area (Å²) in [4.78, 5) is 36.0. The summed E-state index contributed by atoms with van der Waals surface area (Å²) in [6, 6.07) is 15.1. The summed E-state index contributed by atoms with van der Waals surface area (Å²) < 4.78 is 5.67. The molecule has 0 aliphatic rings. The van der Waals surface area contributed by atoms with E-state index in [9.17, 15) is 14.4 Å². The number of carbonyl (C=O) groups excluding carboxylic acids is 3. The first-order valence-electron chi connectivity index (χ1n) is 7.94. The number of nitrogens with one attached hydrogen (secondary N) is 2. The molecule has 136 valence electrons. The molecule has 0 aliphatic carbocycles. The number of esters is 1. The van der Waals surface area contributed by atoms with Crippen molar-refractivity contribution >= 4 is 33.7 Å². The average molecular weight is 419 g/mol. The Hall–Kier alpha value is -2.67. The topological polar surface area (TPSA) is 84.5 Å². The highest BCUT2D eigenvalue weighted by Crippen LogP contribution is 2.12. The van der Waals surface area contributed by atoms with E-state index in [0.717, 1.165) is 10.0 Å². The molecule has 2 amide bonds. The van der Waals surface area contributed by atoms with Crippen LogP contribution in [0.5, 0.6) is 0 Å². The number of halogens is 1. The molecule has 26 heavy (non-hydrogen) atoms. The Kier molecular flexibility index (Phi) is 7.35. The molecule has 0 saturated heterocycles. The Bertz CT molecular complexity index is 763. The monoisotopic (exact) mass is 418 g/mol. The molecule has 0 aromatic heterocycles. The molecule has 1 atom stereocenters. The third-order valence-corrected chi connectivity index (χ3v) is 4.15. The maximum Gasteiger partial charge on any atom is 0.328 e. The van der Waals surface area contributed by atoms with Crippen molar-refractivity contribution in [3.63, 3.8) is 0 Å². The summed E-state index contributed by atoms with van der Waals surface area (Å²) in [5.41, 5.74) is 1.33. The molecule has 0 bridgehead atoms. The lowest BCUT2D eigenvalue weighted by molar-refractivity contribution is -0.144. The quantitative estimate of drug-likeness (QED) is 0.674. The van der Waals surface area contributed by atoms with Gasteiger partial charge in [0.1, 0.15) is 6.04 Å². The SMILES string of the molecule is COC(=O)[C@@H](Cc1ccc(Br)cc1)NC(=O)CNC(=O)c1ccccc1. The number of carbonyl (C=O) groups is 3. The van der Waals surface area contributed by atoms with E-state index in [-0.39, 0.29) is 12.5 Å². The van der Waals surface area contributed by atoms with Crippen molar-refractivity contribution in [1.29, 1.82) is 0 Å². The van der Waals surface area contributed by atoms with E-state index in [2.05, 4.69) is 26.6 Å². The highest BCUT2D eigenvalue weighted by atomic mass is 79.9. The highest BCUT2D eigenvalue weighted by Gasteiger charge is 2.22. The largest absolute Gasteiger partial charge is 0.467 e. The first-order chi connectivity index (χ1) is 12.5. The summed E-state index contributed by atoms with van der Waals surface area (Å²) in [5, 5.41) is 5.12. The van der Waals surface area contributed by atoms with Crippen LogP contribution in [0.15, 0.2) is 59.1 Å². The second kappa shape index (κ2) is 9.72. The second-order valence-corrected chi connectivity index (χ2v) is 6.44. The van der Waals surface area contributed by atoms with Crippen LogP contribution in [-0.4, -0.2) is 37.5 Å². The lowest BCUT2D eigenvalue weighted by Crippen LogP contribution is -2.47. The molecule has 0 saturated carbocycles. The maximum atomic E-state index is 12.1. The Balaban J connectivity index is 1.92. The number of rotatable bonds is 7. The van der Waals surface area contributed by atoms with E-state index >= 15 is 0 Å². The van der Waals surface area contributed by atoms with Gasteiger partial charge in [0.05, 0.1) is 13.7 Å². The summed E-state index contributed by atoms with van der Waals surface area (Å²) >= 11 is 3.35. The van der Waals surface area contributed by atoms with Crippen LogP contribution in [0.1, 0.15) is 15.9 Å². The van der Waals surface area contributed by atoms with Crippen molar-refractivity contribution in [3.8, 4) is 0 Å². The minimum Gasteiger partial charge on any atom is -0.467 e. The zero-order valence-electron chi connectivity index (χ0n) is 14.2. The van der Waals surface area contributed by atoms with Gasteiger partial charge in [-0.1, -0.05) is 46.3 Å². The Labute approximate surface area is 160 Å². The van der Waals surface area contributed by atoms with E-state index in [4.69, 9.17) is 4.74 Å². The van der Waals surface area contributed by atoms with Crippen molar-refractivity contribution in [2.45, 2.75) is 12.5 Å². The Morgan fingerprint density at radius 2 is 1.69 bits per heavy atom. The van der Waals surface area contributed by atoms with Gasteiger partial charge in [-0.15, -0.1) is 0 Å². The molecular formula is C19H19BrN2O4. The molecule has 0 aliphatic heterocycles. The lowest BCUT2D eigenvalue weighted by atomic mass is 10.1. The average Bonchev–Trinajstić information content (AvgIpc) is 2.67. The van der Waals surface area contributed by atoms with Crippen LogP contribution < -0.4 is 10.6 Å². The normalized spacial score (nSPS) is 11.3. The number of amides is 2. The van der Waals surface area contributed by atoms with Crippen LogP contribution in [0.2, 0.25) is 0 Å². The fourth-order valence-corrected chi connectivity index (χ4v) is 2.55. The Morgan fingerprint density at radius 1 is 1.04 bits per heavy atom. The number of benzene rings is 2. The predicted molar refractivity (Wildman–Crippen MR) is 101 cm³/mol. The Morgan fingerprint density at radius 3 is 2.31 bits per heavy atom. The molecule has 6 nitrogen and oxygen atoms in total. The first kappa shape index (κ1) is 19.7. The van der Waals surface area contributed by atoms with Crippen LogP contribution >= 0.6 is 15.9 Å². The van der Waals surface area contributed by atoms with Gasteiger partial charge in [-0.2, -0.15) is 0 Å². The second-order valence-electron chi connectivity index (χ2n) is 5.52. The van der Waals surface area contributed by atoms with Crippen molar-refractivity contribution in [2.75, 3.05) is 13.7 Å². The number of ether oxygens (including phenoxy) is 1. The smallest absolute Gasteiger partial charge is 0.328 e. The molecule has 0 fully saturated rings. The maximum absolute atomic E-state index is 12.1. The summed E-state index contributed by atoms with van der Waals surface area (Å²) in [6.45, 7) is -0.235. The molecule has 0 heterocycles. The fourth-order valence-electron chi connectivity index (χ4n) is 2.29. The van der Waals surface area contributed by atoms with Gasteiger partial charge in [0.2, 0.25) is 5.91 Å². The first-order valence-corrected chi connectivity index (χ1v) is 8.74. The van der Waals surface area contributed by atoms with Gasteiger partial charge < -0.3 is 15.4 Å². The minimum absolute atomic E-state index is 0.235. The van der Waals surface area contributed by atoms with E-state index < -0.39 is 17.9 Å². The standard InChI is InChI=1S/C19H19BrN2O4/c1-26-19(25)16(11-13-7-9-15(20)10-8-13)22-17(23)12-21-18(24)14-5-3-2-4-6-14/h2-10,16H,11-12H2,1H3,(H,21,24)(H,22,23)/t16-/m1/s1. The number of hydrogen-bond acceptors (Lipinski definition) is 4. The lowest BCUT2D eigenvalue weighted by Gasteiger charge is -2.17.